The Morgan fingerprint density at radius 3 is 1.92 bits per heavy atom. The number of esters is 1. The van der Waals surface area contributed by atoms with Crippen LogP contribution in [0, 0.1) is 0 Å². The van der Waals surface area contributed by atoms with Gasteiger partial charge in [0.25, 0.3) is 0 Å². The molecule has 0 heterocycles. The smallest absolute Gasteiger partial charge is 0.333 e. The summed E-state index contributed by atoms with van der Waals surface area (Å²) < 4.78 is 23.3. The third-order valence-electron chi connectivity index (χ3n) is 3.03. The molecule has 0 radical (unpaired) electrons. The van der Waals surface area contributed by atoms with E-state index in [4.69, 9.17) is 17.7 Å². The summed E-state index contributed by atoms with van der Waals surface area (Å²) in [6, 6.07) is 0.863. The molecule has 0 saturated heterocycles. The second-order valence-corrected chi connectivity index (χ2v) is 21.6. The van der Waals surface area contributed by atoms with Gasteiger partial charge in [-0.05, 0) is 65.2 Å². The second kappa shape index (κ2) is 10.9. The van der Waals surface area contributed by atoms with E-state index >= 15 is 0 Å². The second-order valence-electron chi connectivity index (χ2n) is 8.77. The van der Waals surface area contributed by atoms with Gasteiger partial charge in [0.1, 0.15) is 12.7 Å². The van der Waals surface area contributed by atoms with Crippen molar-refractivity contribution in [3.63, 3.8) is 0 Å². The first-order valence-electron chi connectivity index (χ1n) is 9.12. The number of aliphatic hydroxyl groups is 1. The minimum Gasteiger partial charge on any atom is -0.460 e. The van der Waals surface area contributed by atoms with Crippen molar-refractivity contribution >= 4 is 31.2 Å². The number of hydrogen-bond donors (Lipinski definition) is 1. The van der Waals surface area contributed by atoms with Gasteiger partial charge in [0, 0.05) is 12.2 Å². The van der Waals surface area contributed by atoms with Crippen LogP contribution in [0.2, 0.25) is 51.9 Å². The first-order valence-corrected chi connectivity index (χ1v) is 18.5. The zero-order valence-corrected chi connectivity index (χ0v) is 20.8. The van der Waals surface area contributed by atoms with Gasteiger partial charge in [-0.1, -0.05) is 6.58 Å². The Hall–Kier alpha value is -0.299. The monoisotopic (exact) mass is 422 g/mol. The van der Waals surface area contributed by atoms with Crippen molar-refractivity contribution in [2.24, 2.45) is 0 Å². The highest BCUT2D eigenvalue weighted by Crippen LogP contribution is 2.25. The highest BCUT2D eigenvalue weighted by Gasteiger charge is 2.39. The van der Waals surface area contributed by atoms with Gasteiger partial charge in [0.05, 0.1) is 6.61 Å². The Kier molecular flexibility index (Phi) is 10.8. The van der Waals surface area contributed by atoms with Crippen molar-refractivity contribution in [2.45, 2.75) is 71.3 Å². The standard InChI is InChI=1S/C17H38O6Si3/c1-15(2)17(19)21-14-16(18)13-20-11-10-12-26(9,22-24(3,4)5)23-25(6,7)8/h16,18H,1,10-14H2,2-9H3/t16-/m0/s1. The molecular weight excluding hydrogens is 384 g/mol. The van der Waals surface area contributed by atoms with Gasteiger partial charge >= 0.3 is 14.5 Å². The van der Waals surface area contributed by atoms with Crippen LogP contribution in [0.15, 0.2) is 12.2 Å². The molecule has 0 aliphatic heterocycles. The highest BCUT2D eigenvalue weighted by molar-refractivity contribution is 6.87. The van der Waals surface area contributed by atoms with E-state index in [0.717, 1.165) is 12.5 Å². The maximum atomic E-state index is 11.3. The van der Waals surface area contributed by atoms with E-state index in [-0.39, 0.29) is 13.2 Å². The number of rotatable bonds is 13. The lowest BCUT2D eigenvalue weighted by atomic mass is 10.3. The SMILES string of the molecule is C=C(C)C(=O)OC[C@@H](O)COCCC[Si](C)(O[Si](C)(C)C)O[Si](C)(C)C. The van der Waals surface area contributed by atoms with Gasteiger partial charge in [-0.3, -0.25) is 0 Å². The van der Waals surface area contributed by atoms with Crippen LogP contribution in [0.3, 0.4) is 0 Å². The van der Waals surface area contributed by atoms with E-state index in [0.29, 0.717) is 12.2 Å². The maximum absolute atomic E-state index is 11.3. The average Bonchev–Trinajstić information content (AvgIpc) is 2.39. The fraction of sp³-hybridized carbons (Fsp3) is 0.824. The van der Waals surface area contributed by atoms with Crippen molar-refractivity contribution in [3.05, 3.63) is 12.2 Å². The van der Waals surface area contributed by atoms with Crippen LogP contribution in [-0.2, 0) is 22.5 Å². The van der Waals surface area contributed by atoms with E-state index in [9.17, 15) is 9.90 Å². The summed E-state index contributed by atoms with van der Waals surface area (Å²) in [5.41, 5.74) is 0.312. The summed E-state index contributed by atoms with van der Waals surface area (Å²) in [7, 11) is -5.61. The summed E-state index contributed by atoms with van der Waals surface area (Å²) in [6.07, 6.45) is -0.0194. The summed E-state index contributed by atoms with van der Waals surface area (Å²) >= 11 is 0. The zero-order chi connectivity index (χ0) is 20.6. The van der Waals surface area contributed by atoms with Crippen LogP contribution in [0.4, 0.5) is 0 Å². The molecule has 6 nitrogen and oxygen atoms in total. The molecule has 0 saturated carbocycles. The minimum atomic E-state index is -2.24. The number of carbonyl (C=O) groups excluding carboxylic acids is 1. The third kappa shape index (κ3) is 13.8. The number of hydrogen-bond acceptors (Lipinski definition) is 6. The summed E-state index contributed by atoms with van der Waals surface area (Å²) in [5.74, 6) is -0.502. The molecular formula is C17H38O6Si3. The Morgan fingerprint density at radius 1 is 1.00 bits per heavy atom. The molecule has 0 rings (SSSR count). The molecule has 0 unspecified atom stereocenters. The van der Waals surface area contributed by atoms with E-state index in [1.807, 2.05) is 0 Å². The highest BCUT2D eigenvalue weighted by atomic mass is 28.5. The van der Waals surface area contributed by atoms with Gasteiger partial charge in [-0.25, -0.2) is 4.79 Å². The van der Waals surface area contributed by atoms with Crippen molar-refractivity contribution in [1.29, 1.82) is 0 Å². The number of ether oxygens (including phenoxy) is 2. The first-order chi connectivity index (χ1) is 11.6. The predicted octanol–water partition coefficient (Wildman–Crippen LogP) is 3.65. The van der Waals surface area contributed by atoms with Crippen molar-refractivity contribution < 1.29 is 27.6 Å². The van der Waals surface area contributed by atoms with Crippen molar-refractivity contribution in [1.82, 2.24) is 0 Å². The Labute approximate surface area is 162 Å². The van der Waals surface area contributed by atoms with E-state index in [1.54, 1.807) is 6.92 Å². The van der Waals surface area contributed by atoms with Crippen LogP contribution in [0.5, 0.6) is 0 Å². The zero-order valence-electron chi connectivity index (χ0n) is 17.8. The first kappa shape index (κ1) is 25.7. The molecule has 0 aromatic carbocycles. The molecule has 0 aliphatic carbocycles. The predicted molar refractivity (Wildman–Crippen MR) is 113 cm³/mol. The van der Waals surface area contributed by atoms with Crippen LogP contribution in [0.25, 0.3) is 0 Å². The molecule has 0 aliphatic rings. The maximum Gasteiger partial charge on any atom is 0.333 e. The fourth-order valence-corrected chi connectivity index (χ4v) is 15.0. The van der Waals surface area contributed by atoms with Gasteiger partial charge in [-0.15, -0.1) is 0 Å². The molecule has 0 bridgehead atoms. The van der Waals surface area contributed by atoms with Crippen LogP contribution < -0.4 is 0 Å². The van der Waals surface area contributed by atoms with Gasteiger partial charge in [0.15, 0.2) is 16.6 Å². The molecule has 0 aromatic heterocycles. The number of carbonyl (C=O) groups is 1. The molecule has 26 heavy (non-hydrogen) atoms. The Balaban J connectivity index is 4.26. The van der Waals surface area contributed by atoms with E-state index < -0.39 is 37.3 Å². The van der Waals surface area contributed by atoms with Crippen molar-refractivity contribution in [2.75, 3.05) is 19.8 Å². The lowest BCUT2D eigenvalue weighted by molar-refractivity contribution is -0.143. The summed E-state index contributed by atoms with van der Waals surface area (Å²) in [6.45, 7) is 20.9. The molecule has 0 spiro atoms. The third-order valence-corrected chi connectivity index (χ3v) is 12.6. The molecule has 0 fully saturated rings. The molecule has 9 heteroatoms. The molecule has 1 N–H and O–H groups in total. The number of aliphatic hydroxyl groups excluding tert-OH is 1. The van der Waals surface area contributed by atoms with E-state index in [2.05, 4.69) is 52.4 Å². The quantitative estimate of drug-likeness (QED) is 0.211. The minimum absolute atomic E-state index is 0.0877. The molecule has 1 atom stereocenters. The van der Waals surface area contributed by atoms with Gasteiger partial charge in [-0.2, -0.15) is 0 Å². The fourth-order valence-electron chi connectivity index (χ4n) is 2.48. The summed E-state index contributed by atoms with van der Waals surface area (Å²) in [4.78, 5) is 11.3. The average molecular weight is 423 g/mol. The molecule has 154 valence electrons. The Bertz CT molecular complexity index is 440. The van der Waals surface area contributed by atoms with E-state index in [1.165, 1.54) is 0 Å². The van der Waals surface area contributed by atoms with Crippen LogP contribution >= 0.6 is 0 Å². The lowest BCUT2D eigenvalue weighted by Gasteiger charge is -2.38. The lowest BCUT2D eigenvalue weighted by Crippen LogP contribution is -2.52. The van der Waals surface area contributed by atoms with Gasteiger partial charge < -0.3 is 22.8 Å². The topological polar surface area (TPSA) is 74.2 Å². The van der Waals surface area contributed by atoms with Crippen LogP contribution in [0.1, 0.15) is 13.3 Å². The largest absolute Gasteiger partial charge is 0.460 e. The molecule has 0 aromatic rings. The summed E-state index contributed by atoms with van der Waals surface area (Å²) in [5, 5.41) is 9.78. The Morgan fingerprint density at radius 2 is 1.50 bits per heavy atom. The molecule has 0 amide bonds. The normalized spacial score (nSPS) is 14.2. The van der Waals surface area contributed by atoms with Gasteiger partial charge in [0.2, 0.25) is 0 Å². The van der Waals surface area contributed by atoms with Crippen LogP contribution in [-0.4, -0.2) is 62.2 Å². The van der Waals surface area contributed by atoms with Crippen molar-refractivity contribution in [3.8, 4) is 0 Å².